The molecule has 0 aliphatic rings. The van der Waals surface area contributed by atoms with Gasteiger partial charge in [-0.2, -0.15) is 0 Å². The van der Waals surface area contributed by atoms with E-state index in [0.717, 1.165) is 72.3 Å². The second-order valence-corrected chi connectivity index (χ2v) is 9.93. The maximum Gasteiger partial charge on any atom is 0.135 e. The Hall–Kier alpha value is -5.48. The number of benzene rings is 6. The highest BCUT2D eigenvalue weighted by Crippen LogP contribution is 2.39. The molecule has 0 spiro atoms. The van der Waals surface area contributed by atoms with E-state index in [0.29, 0.717) is 0 Å². The summed E-state index contributed by atoms with van der Waals surface area (Å²) in [5.41, 5.74) is 8.79. The molecule has 8 rings (SSSR count). The molecule has 0 amide bonds. The van der Waals surface area contributed by atoms with Crippen molar-refractivity contribution < 1.29 is 8.83 Å². The maximum absolute atomic E-state index is 6.24. The van der Waals surface area contributed by atoms with Crippen LogP contribution in [0.3, 0.4) is 0 Å². The molecule has 0 fully saturated rings. The van der Waals surface area contributed by atoms with Crippen LogP contribution in [0.1, 0.15) is 0 Å². The van der Waals surface area contributed by atoms with E-state index in [9.17, 15) is 0 Å². The van der Waals surface area contributed by atoms with E-state index in [1.165, 1.54) is 0 Å². The summed E-state index contributed by atoms with van der Waals surface area (Å²) in [6.45, 7) is 0. The minimum absolute atomic E-state index is 0.861. The molecule has 0 aliphatic carbocycles. The molecule has 8 aromatic rings. The average molecular weight is 517 g/mol. The number of nitrogens with zero attached hydrogens (tertiary/aromatic N) is 1. The molecule has 4 heteroatoms. The number of anilines is 5. The minimum Gasteiger partial charge on any atom is -0.456 e. The van der Waals surface area contributed by atoms with Crippen LogP contribution in [0.25, 0.3) is 43.9 Å². The lowest BCUT2D eigenvalue weighted by Gasteiger charge is -2.25. The maximum atomic E-state index is 6.24. The Morgan fingerprint density at radius 3 is 1.48 bits per heavy atom. The van der Waals surface area contributed by atoms with Crippen LogP contribution >= 0.6 is 0 Å². The lowest BCUT2D eigenvalue weighted by atomic mass is 10.1. The molecule has 4 nitrogen and oxygen atoms in total. The smallest absolute Gasteiger partial charge is 0.135 e. The van der Waals surface area contributed by atoms with E-state index in [4.69, 9.17) is 8.83 Å². The summed E-state index contributed by atoms with van der Waals surface area (Å²) in [5.74, 6) is 0. The molecule has 6 aromatic carbocycles. The monoisotopic (exact) mass is 516 g/mol. The quantitative estimate of drug-likeness (QED) is 0.247. The van der Waals surface area contributed by atoms with E-state index < -0.39 is 0 Å². The van der Waals surface area contributed by atoms with Gasteiger partial charge in [-0.05, 0) is 84.9 Å². The fourth-order valence-electron chi connectivity index (χ4n) is 5.55. The molecular formula is C36H24N2O2. The topological polar surface area (TPSA) is 41.6 Å². The SMILES string of the molecule is c1ccc(N(c2ccccc2)c2ccc3oc4ccc(Nc5ccc6oc7ccccc7c6c5)cc4c3c2)cc1. The highest BCUT2D eigenvalue weighted by molar-refractivity contribution is 6.08. The molecule has 0 bridgehead atoms. The minimum atomic E-state index is 0.861. The number of hydrogen-bond acceptors (Lipinski definition) is 4. The largest absolute Gasteiger partial charge is 0.456 e. The summed E-state index contributed by atoms with van der Waals surface area (Å²) >= 11 is 0. The fraction of sp³-hybridized carbons (Fsp3) is 0. The van der Waals surface area contributed by atoms with Crippen molar-refractivity contribution in [3.63, 3.8) is 0 Å². The molecule has 0 aliphatic heterocycles. The highest BCUT2D eigenvalue weighted by Gasteiger charge is 2.15. The Labute approximate surface area is 230 Å². The molecule has 40 heavy (non-hydrogen) atoms. The summed E-state index contributed by atoms with van der Waals surface area (Å²) in [6, 6.07) is 47.9. The van der Waals surface area contributed by atoms with Gasteiger partial charge in [-0.3, -0.25) is 0 Å². The van der Waals surface area contributed by atoms with Gasteiger partial charge in [-0.1, -0.05) is 54.6 Å². The van der Waals surface area contributed by atoms with E-state index in [2.05, 4.69) is 107 Å². The van der Waals surface area contributed by atoms with Gasteiger partial charge >= 0.3 is 0 Å². The number of para-hydroxylation sites is 3. The second kappa shape index (κ2) is 9.07. The first kappa shape index (κ1) is 22.5. The van der Waals surface area contributed by atoms with E-state index in [1.54, 1.807) is 0 Å². The van der Waals surface area contributed by atoms with Gasteiger partial charge in [0.25, 0.3) is 0 Å². The van der Waals surface area contributed by atoms with Gasteiger partial charge in [0, 0.05) is 50.0 Å². The lowest BCUT2D eigenvalue weighted by Crippen LogP contribution is -2.09. The first-order valence-electron chi connectivity index (χ1n) is 13.4. The van der Waals surface area contributed by atoms with Crippen LogP contribution in [0.2, 0.25) is 0 Å². The summed E-state index contributed by atoms with van der Waals surface area (Å²) in [7, 11) is 0. The number of hydrogen-bond donors (Lipinski definition) is 1. The van der Waals surface area contributed by atoms with Crippen molar-refractivity contribution in [1.29, 1.82) is 0 Å². The van der Waals surface area contributed by atoms with Crippen LogP contribution in [0.5, 0.6) is 0 Å². The van der Waals surface area contributed by atoms with E-state index in [-0.39, 0.29) is 0 Å². The van der Waals surface area contributed by atoms with Gasteiger partial charge < -0.3 is 19.1 Å². The van der Waals surface area contributed by atoms with Crippen LogP contribution in [-0.4, -0.2) is 0 Å². The molecule has 2 heterocycles. The van der Waals surface area contributed by atoms with Crippen molar-refractivity contribution in [3.8, 4) is 0 Å². The van der Waals surface area contributed by atoms with Crippen molar-refractivity contribution in [1.82, 2.24) is 0 Å². The summed E-state index contributed by atoms with van der Waals surface area (Å²) in [6.07, 6.45) is 0. The van der Waals surface area contributed by atoms with Crippen molar-refractivity contribution >= 4 is 72.3 Å². The average Bonchev–Trinajstić information content (AvgIpc) is 3.56. The normalized spacial score (nSPS) is 11.5. The molecule has 0 atom stereocenters. The Kier molecular flexibility index (Phi) is 5.10. The lowest BCUT2D eigenvalue weighted by molar-refractivity contribution is 0.668. The number of furan rings is 2. The first-order valence-corrected chi connectivity index (χ1v) is 13.4. The van der Waals surface area contributed by atoms with Gasteiger partial charge in [0.2, 0.25) is 0 Å². The standard InChI is InChI=1S/C36H24N2O2/c1-3-9-26(10-4-1)38(27-11-5-2-6-12-27)28-17-20-36-32(23-28)31-22-25(16-19-35(31)40-36)37-24-15-18-34-30(21-24)29-13-7-8-14-33(29)39-34/h1-23,37H. The zero-order valence-electron chi connectivity index (χ0n) is 21.5. The molecule has 2 aromatic heterocycles. The Morgan fingerprint density at radius 1 is 0.375 bits per heavy atom. The molecular weight excluding hydrogens is 492 g/mol. The third-order valence-electron chi connectivity index (χ3n) is 7.41. The number of rotatable bonds is 5. The van der Waals surface area contributed by atoms with Crippen LogP contribution in [-0.2, 0) is 0 Å². The van der Waals surface area contributed by atoms with Crippen LogP contribution in [0.15, 0.2) is 148 Å². The number of nitrogens with one attached hydrogen (secondary N) is 1. The number of fused-ring (bicyclic) bond motifs is 6. The summed E-state index contributed by atoms with van der Waals surface area (Å²) in [5, 5.41) is 7.95. The zero-order valence-corrected chi connectivity index (χ0v) is 21.5. The Balaban J connectivity index is 1.21. The van der Waals surface area contributed by atoms with Crippen LogP contribution in [0.4, 0.5) is 28.4 Å². The van der Waals surface area contributed by atoms with Crippen molar-refractivity contribution in [2.75, 3.05) is 10.2 Å². The van der Waals surface area contributed by atoms with Gasteiger partial charge in [0.15, 0.2) is 0 Å². The predicted octanol–water partition coefficient (Wildman–Crippen LogP) is 10.7. The van der Waals surface area contributed by atoms with Crippen LogP contribution < -0.4 is 10.2 Å². The molecule has 0 saturated heterocycles. The van der Waals surface area contributed by atoms with E-state index in [1.807, 2.05) is 42.5 Å². The molecule has 0 radical (unpaired) electrons. The second-order valence-electron chi connectivity index (χ2n) is 9.93. The highest BCUT2D eigenvalue weighted by atomic mass is 16.3. The molecule has 0 saturated carbocycles. The molecule has 0 unspecified atom stereocenters. The Morgan fingerprint density at radius 2 is 0.850 bits per heavy atom. The third kappa shape index (κ3) is 3.77. The van der Waals surface area contributed by atoms with Gasteiger partial charge in [-0.25, -0.2) is 0 Å². The predicted molar refractivity (Wildman–Crippen MR) is 165 cm³/mol. The molecule has 190 valence electrons. The summed E-state index contributed by atoms with van der Waals surface area (Å²) < 4.78 is 12.2. The van der Waals surface area contributed by atoms with Gasteiger partial charge in [0.05, 0.1) is 0 Å². The van der Waals surface area contributed by atoms with Gasteiger partial charge in [-0.15, -0.1) is 0 Å². The van der Waals surface area contributed by atoms with Crippen LogP contribution in [0, 0.1) is 0 Å². The van der Waals surface area contributed by atoms with Crippen molar-refractivity contribution in [3.05, 3.63) is 140 Å². The van der Waals surface area contributed by atoms with E-state index >= 15 is 0 Å². The van der Waals surface area contributed by atoms with Gasteiger partial charge in [0.1, 0.15) is 22.3 Å². The molecule has 1 N–H and O–H groups in total. The van der Waals surface area contributed by atoms with Crippen molar-refractivity contribution in [2.24, 2.45) is 0 Å². The fourth-order valence-corrected chi connectivity index (χ4v) is 5.55. The summed E-state index contributed by atoms with van der Waals surface area (Å²) in [4.78, 5) is 2.27. The third-order valence-corrected chi connectivity index (χ3v) is 7.41. The first-order chi connectivity index (χ1) is 19.8. The zero-order chi connectivity index (χ0) is 26.5. The van der Waals surface area contributed by atoms with Crippen molar-refractivity contribution in [2.45, 2.75) is 0 Å². The Bertz CT molecular complexity index is 2100.